The average Bonchev–Trinajstić information content (AvgIpc) is 2.89. The third-order valence-corrected chi connectivity index (χ3v) is 3.65. The first kappa shape index (κ1) is 14.9. The Morgan fingerprint density at radius 1 is 1.40 bits per heavy atom. The molecule has 0 saturated carbocycles. The van der Waals surface area contributed by atoms with Crippen molar-refractivity contribution in [2.24, 2.45) is 5.92 Å². The van der Waals surface area contributed by atoms with Gasteiger partial charge in [0.05, 0.1) is 17.9 Å². The molecule has 5 nitrogen and oxygen atoms in total. The summed E-state index contributed by atoms with van der Waals surface area (Å²) in [5, 5.41) is 8.05. The molecule has 0 aliphatic heterocycles. The molecule has 0 spiro atoms. The van der Waals surface area contributed by atoms with E-state index >= 15 is 0 Å². The fourth-order valence-electron chi connectivity index (χ4n) is 2.48. The zero-order chi connectivity index (χ0) is 14.4. The van der Waals surface area contributed by atoms with Crippen molar-refractivity contribution >= 4 is 5.52 Å². The van der Waals surface area contributed by atoms with Crippen molar-refractivity contribution in [3.63, 3.8) is 0 Å². The Morgan fingerprint density at radius 2 is 2.25 bits per heavy atom. The van der Waals surface area contributed by atoms with E-state index < -0.39 is 0 Å². The molecule has 0 radical (unpaired) electrons. The van der Waals surface area contributed by atoms with Crippen LogP contribution in [0, 0.1) is 5.92 Å². The van der Waals surface area contributed by atoms with Gasteiger partial charge in [-0.15, -0.1) is 0 Å². The topological polar surface area (TPSA) is 51.5 Å². The van der Waals surface area contributed by atoms with Gasteiger partial charge in [0.15, 0.2) is 0 Å². The monoisotopic (exact) mass is 276 g/mol. The maximum Gasteiger partial charge on any atom is 0.0892 e. The van der Waals surface area contributed by atoms with Crippen molar-refractivity contribution in [1.29, 1.82) is 0 Å². The Morgan fingerprint density at radius 3 is 3.00 bits per heavy atom. The van der Waals surface area contributed by atoms with Gasteiger partial charge in [0.2, 0.25) is 0 Å². The highest BCUT2D eigenvalue weighted by molar-refractivity contribution is 5.53. The number of methoxy groups -OCH3 is 1. The maximum absolute atomic E-state index is 5.21. The van der Waals surface area contributed by atoms with Gasteiger partial charge in [0.1, 0.15) is 0 Å². The van der Waals surface area contributed by atoms with Crippen LogP contribution in [0.5, 0.6) is 0 Å². The third-order valence-electron chi connectivity index (χ3n) is 3.65. The summed E-state index contributed by atoms with van der Waals surface area (Å²) in [7, 11) is 1.75. The van der Waals surface area contributed by atoms with Crippen molar-refractivity contribution in [1.82, 2.24) is 19.9 Å². The Hall–Kier alpha value is -1.46. The van der Waals surface area contributed by atoms with Crippen molar-refractivity contribution in [3.8, 4) is 0 Å². The van der Waals surface area contributed by atoms with Gasteiger partial charge in [-0.25, -0.2) is 4.52 Å². The largest absolute Gasteiger partial charge is 0.385 e. The second-order valence-electron chi connectivity index (χ2n) is 5.20. The fraction of sp³-hybridized carbons (Fsp3) is 0.600. The van der Waals surface area contributed by atoms with Crippen LogP contribution in [0.15, 0.2) is 24.8 Å². The van der Waals surface area contributed by atoms with E-state index in [1.165, 1.54) is 5.56 Å². The summed E-state index contributed by atoms with van der Waals surface area (Å²) >= 11 is 0. The lowest BCUT2D eigenvalue weighted by molar-refractivity contribution is 0.170. The second kappa shape index (κ2) is 7.36. The summed E-state index contributed by atoms with van der Waals surface area (Å²) < 4.78 is 7.09. The first-order chi connectivity index (χ1) is 9.77. The third kappa shape index (κ3) is 3.35. The van der Waals surface area contributed by atoms with Crippen LogP contribution < -0.4 is 5.32 Å². The van der Waals surface area contributed by atoms with Crippen molar-refractivity contribution < 1.29 is 4.74 Å². The molecular formula is C15H24N4O. The minimum absolute atomic E-state index is 0.284. The summed E-state index contributed by atoms with van der Waals surface area (Å²) in [6.45, 7) is 6.22. The Kier molecular flexibility index (Phi) is 5.49. The van der Waals surface area contributed by atoms with Gasteiger partial charge in [-0.05, 0) is 25.3 Å². The van der Waals surface area contributed by atoms with Crippen LogP contribution in [0.3, 0.4) is 0 Å². The number of fused-ring (bicyclic) bond motifs is 1. The lowest BCUT2D eigenvalue weighted by Gasteiger charge is -2.24. The van der Waals surface area contributed by atoms with E-state index in [-0.39, 0.29) is 6.04 Å². The van der Waals surface area contributed by atoms with E-state index in [0.29, 0.717) is 5.92 Å². The lowest BCUT2D eigenvalue weighted by Crippen LogP contribution is -2.28. The highest BCUT2D eigenvalue weighted by Crippen LogP contribution is 2.27. The molecule has 0 aromatic carbocycles. The van der Waals surface area contributed by atoms with Crippen LogP contribution >= 0.6 is 0 Å². The van der Waals surface area contributed by atoms with E-state index in [0.717, 1.165) is 31.5 Å². The fourth-order valence-corrected chi connectivity index (χ4v) is 2.48. The van der Waals surface area contributed by atoms with Gasteiger partial charge in [0.25, 0.3) is 0 Å². The van der Waals surface area contributed by atoms with Crippen LogP contribution in [-0.2, 0) is 4.74 Å². The van der Waals surface area contributed by atoms with Crippen LogP contribution in [0.25, 0.3) is 5.52 Å². The minimum Gasteiger partial charge on any atom is -0.385 e. The lowest BCUT2D eigenvalue weighted by atomic mass is 9.93. The molecule has 0 fully saturated rings. The van der Waals surface area contributed by atoms with Crippen LogP contribution in [0.2, 0.25) is 0 Å². The Balaban J connectivity index is 2.25. The number of ether oxygens (including phenoxy) is 1. The molecule has 0 bridgehead atoms. The maximum atomic E-state index is 5.21. The molecule has 110 valence electrons. The molecule has 0 amide bonds. The first-order valence-electron chi connectivity index (χ1n) is 7.27. The number of hydrogen-bond acceptors (Lipinski definition) is 4. The van der Waals surface area contributed by atoms with Crippen molar-refractivity contribution in [2.75, 3.05) is 20.3 Å². The van der Waals surface area contributed by atoms with Gasteiger partial charge in [0, 0.05) is 37.7 Å². The van der Waals surface area contributed by atoms with Crippen molar-refractivity contribution in [3.05, 3.63) is 30.4 Å². The molecule has 0 aliphatic rings. The Bertz CT molecular complexity index is 525. The normalized spacial score (nSPS) is 14.6. The first-order valence-corrected chi connectivity index (χ1v) is 7.27. The number of nitrogens with one attached hydrogen (secondary N) is 1. The van der Waals surface area contributed by atoms with Gasteiger partial charge in [-0.1, -0.05) is 13.8 Å². The molecule has 2 rings (SSSR count). The molecule has 2 unspecified atom stereocenters. The van der Waals surface area contributed by atoms with Crippen LogP contribution in [-0.4, -0.2) is 34.9 Å². The zero-order valence-corrected chi connectivity index (χ0v) is 12.5. The summed E-state index contributed by atoms with van der Waals surface area (Å²) in [6, 6.07) is 0.284. The molecule has 2 aromatic heterocycles. The van der Waals surface area contributed by atoms with Crippen LogP contribution in [0.4, 0.5) is 0 Å². The molecule has 20 heavy (non-hydrogen) atoms. The van der Waals surface area contributed by atoms with E-state index in [1.54, 1.807) is 13.3 Å². The predicted octanol–water partition coefficient (Wildman–Crippen LogP) is 2.44. The molecular weight excluding hydrogens is 252 g/mol. The van der Waals surface area contributed by atoms with E-state index in [2.05, 4.69) is 29.2 Å². The van der Waals surface area contributed by atoms with E-state index in [4.69, 9.17) is 4.74 Å². The molecule has 1 N–H and O–H groups in total. The molecule has 0 aliphatic carbocycles. The van der Waals surface area contributed by atoms with Gasteiger partial charge >= 0.3 is 0 Å². The van der Waals surface area contributed by atoms with Gasteiger partial charge in [-0.2, -0.15) is 5.10 Å². The molecule has 2 heterocycles. The molecule has 2 aromatic rings. The number of rotatable bonds is 8. The predicted molar refractivity (Wildman–Crippen MR) is 79.7 cm³/mol. The average molecular weight is 276 g/mol. The zero-order valence-electron chi connectivity index (χ0n) is 12.5. The number of aromatic nitrogens is 3. The van der Waals surface area contributed by atoms with Crippen molar-refractivity contribution in [2.45, 2.75) is 32.7 Å². The highest BCUT2D eigenvalue weighted by Gasteiger charge is 2.22. The highest BCUT2D eigenvalue weighted by atomic mass is 16.5. The standard InChI is InChI=1S/C15H24N4O/c1-4-6-17-15(12(2)5-9-20-3)13-10-18-19-8-7-16-11-14(13)19/h7-8,10-12,15,17H,4-6,9H2,1-3H3. The molecule has 0 saturated heterocycles. The smallest absolute Gasteiger partial charge is 0.0892 e. The quantitative estimate of drug-likeness (QED) is 0.804. The van der Waals surface area contributed by atoms with Gasteiger partial charge in [-0.3, -0.25) is 4.98 Å². The van der Waals surface area contributed by atoms with E-state index in [9.17, 15) is 0 Å². The summed E-state index contributed by atoms with van der Waals surface area (Å²) in [4.78, 5) is 4.22. The summed E-state index contributed by atoms with van der Waals surface area (Å²) in [5.41, 5.74) is 2.29. The van der Waals surface area contributed by atoms with Gasteiger partial charge < -0.3 is 10.1 Å². The molecule has 5 heteroatoms. The SMILES string of the molecule is CCCNC(c1cnn2ccncc12)C(C)CCOC. The molecule has 2 atom stereocenters. The van der Waals surface area contributed by atoms with Crippen LogP contribution in [0.1, 0.15) is 38.3 Å². The summed E-state index contributed by atoms with van der Waals surface area (Å²) in [6.07, 6.45) is 9.61. The Labute approximate surface area is 120 Å². The minimum atomic E-state index is 0.284. The second-order valence-corrected chi connectivity index (χ2v) is 5.20. The van der Waals surface area contributed by atoms with E-state index in [1.807, 2.05) is 23.1 Å². The number of nitrogens with zero attached hydrogens (tertiary/aromatic N) is 3. The summed E-state index contributed by atoms with van der Waals surface area (Å²) in [5.74, 6) is 0.481. The number of hydrogen-bond donors (Lipinski definition) is 1.